The number of benzene rings is 1. The first-order valence-corrected chi connectivity index (χ1v) is 8.59. The molecule has 10 nitrogen and oxygen atoms in total. The fourth-order valence-electron chi connectivity index (χ4n) is 3.31. The van der Waals surface area contributed by atoms with Gasteiger partial charge in [-0.25, -0.2) is 4.68 Å². The highest BCUT2D eigenvalue weighted by Crippen LogP contribution is 2.33. The van der Waals surface area contributed by atoms with Crippen molar-refractivity contribution in [3.05, 3.63) is 35.8 Å². The number of aromatic nitrogens is 5. The average Bonchev–Trinajstić information content (AvgIpc) is 3.45. The standard InChI is InChI=1S/C17H16N6O4/c1-10-18-16(27-20-10)13-8-23(21-19-13)12-4-5-22(7-12)17(24)11-2-3-14-15(6-11)26-9-25-14/h2-3,6,8,12H,4-5,7,9H2,1H3/t12-/m0/s1. The molecule has 3 aromatic rings. The van der Waals surface area contributed by atoms with Gasteiger partial charge in [-0.3, -0.25) is 4.79 Å². The van der Waals surface area contributed by atoms with Crippen molar-refractivity contribution >= 4 is 5.91 Å². The summed E-state index contributed by atoms with van der Waals surface area (Å²) < 4.78 is 17.5. The van der Waals surface area contributed by atoms with Crippen LogP contribution in [0, 0.1) is 6.92 Å². The minimum Gasteiger partial charge on any atom is -0.454 e. The Bertz CT molecular complexity index is 1010. The summed E-state index contributed by atoms with van der Waals surface area (Å²) in [5.41, 5.74) is 1.11. The summed E-state index contributed by atoms with van der Waals surface area (Å²) in [5.74, 6) is 2.11. The Labute approximate surface area is 153 Å². The number of hydrogen-bond donors (Lipinski definition) is 0. The molecular weight excluding hydrogens is 352 g/mol. The van der Waals surface area contributed by atoms with Gasteiger partial charge < -0.3 is 18.9 Å². The van der Waals surface area contributed by atoms with E-state index in [0.29, 0.717) is 47.6 Å². The van der Waals surface area contributed by atoms with Gasteiger partial charge in [-0.1, -0.05) is 10.4 Å². The number of aryl methyl sites for hydroxylation is 1. The summed E-state index contributed by atoms with van der Waals surface area (Å²) in [6.45, 7) is 3.13. The fourth-order valence-corrected chi connectivity index (χ4v) is 3.31. The number of rotatable bonds is 3. The second-order valence-corrected chi connectivity index (χ2v) is 6.49. The van der Waals surface area contributed by atoms with E-state index in [1.165, 1.54) is 0 Å². The lowest BCUT2D eigenvalue weighted by atomic mass is 10.2. The third kappa shape index (κ3) is 2.78. The first-order valence-electron chi connectivity index (χ1n) is 8.59. The van der Waals surface area contributed by atoms with Gasteiger partial charge in [0.25, 0.3) is 11.8 Å². The molecule has 1 amide bonds. The number of nitrogens with zero attached hydrogens (tertiary/aromatic N) is 6. The highest BCUT2D eigenvalue weighted by molar-refractivity contribution is 5.95. The molecular formula is C17H16N6O4. The molecule has 27 heavy (non-hydrogen) atoms. The van der Waals surface area contributed by atoms with Crippen molar-refractivity contribution in [1.29, 1.82) is 0 Å². The molecule has 1 fully saturated rings. The maximum absolute atomic E-state index is 12.8. The first kappa shape index (κ1) is 15.8. The number of carbonyl (C=O) groups is 1. The third-order valence-corrected chi connectivity index (χ3v) is 4.70. The highest BCUT2D eigenvalue weighted by atomic mass is 16.7. The van der Waals surface area contributed by atoms with Gasteiger partial charge in [-0.05, 0) is 31.5 Å². The van der Waals surface area contributed by atoms with Gasteiger partial charge in [0.05, 0.1) is 12.2 Å². The minimum atomic E-state index is -0.0383. The van der Waals surface area contributed by atoms with E-state index in [1.54, 1.807) is 40.9 Å². The van der Waals surface area contributed by atoms with Gasteiger partial charge in [-0.2, -0.15) is 4.98 Å². The maximum Gasteiger partial charge on any atom is 0.280 e. The van der Waals surface area contributed by atoms with E-state index in [0.717, 1.165) is 6.42 Å². The number of fused-ring (bicyclic) bond motifs is 1. The molecule has 2 aliphatic heterocycles. The highest BCUT2D eigenvalue weighted by Gasteiger charge is 2.30. The summed E-state index contributed by atoms with van der Waals surface area (Å²) in [6, 6.07) is 5.30. The molecule has 0 spiro atoms. The maximum atomic E-state index is 12.8. The SMILES string of the molecule is Cc1noc(-c2cn([C@H]3CCN(C(=O)c4ccc5c(c4)OCO5)C3)nn2)n1. The molecule has 0 unspecified atom stereocenters. The number of likely N-dealkylation sites (tertiary alicyclic amines) is 1. The first-order chi connectivity index (χ1) is 13.2. The van der Waals surface area contributed by atoms with Crippen molar-refractivity contribution in [3.63, 3.8) is 0 Å². The summed E-state index contributed by atoms with van der Waals surface area (Å²) in [6.07, 6.45) is 2.56. The van der Waals surface area contributed by atoms with Crippen LogP contribution in [-0.4, -0.2) is 55.8 Å². The van der Waals surface area contributed by atoms with Crippen LogP contribution in [0.25, 0.3) is 11.6 Å². The predicted molar refractivity (Wildman–Crippen MR) is 90.2 cm³/mol. The van der Waals surface area contributed by atoms with E-state index in [-0.39, 0.29) is 18.7 Å². The van der Waals surface area contributed by atoms with Crippen LogP contribution in [0.4, 0.5) is 0 Å². The number of ether oxygens (including phenoxy) is 2. The molecule has 138 valence electrons. The van der Waals surface area contributed by atoms with Crippen LogP contribution >= 0.6 is 0 Å². The molecule has 2 aliphatic rings. The number of hydrogen-bond acceptors (Lipinski definition) is 8. The Morgan fingerprint density at radius 2 is 2.15 bits per heavy atom. The van der Waals surface area contributed by atoms with E-state index in [9.17, 15) is 4.79 Å². The van der Waals surface area contributed by atoms with Gasteiger partial charge in [0, 0.05) is 18.7 Å². The Morgan fingerprint density at radius 3 is 3.00 bits per heavy atom. The fraction of sp³-hybridized carbons (Fsp3) is 0.353. The van der Waals surface area contributed by atoms with Crippen LogP contribution < -0.4 is 9.47 Å². The zero-order valence-electron chi connectivity index (χ0n) is 14.5. The normalized spacial score (nSPS) is 18.3. The second kappa shape index (κ2) is 6.08. The molecule has 0 aliphatic carbocycles. The quantitative estimate of drug-likeness (QED) is 0.683. The monoisotopic (exact) mass is 368 g/mol. The van der Waals surface area contributed by atoms with Crippen LogP contribution in [0.15, 0.2) is 28.9 Å². The summed E-state index contributed by atoms with van der Waals surface area (Å²) in [5, 5.41) is 12.0. The molecule has 2 aromatic heterocycles. The summed E-state index contributed by atoms with van der Waals surface area (Å²) in [4.78, 5) is 18.8. The van der Waals surface area contributed by atoms with Crippen molar-refractivity contribution in [3.8, 4) is 23.1 Å². The Kier molecular flexibility index (Phi) is 3.56. The molecule has 4 heterocycles. The molecule has 5 rings (SSSR count). The van der Waals surface area contributed by atoms with Crippen LogP contribution in [0.2, 0.25) is 0 Å². The lowest BCUT2D eigenvalue weighted by Crippen LogP contribution is -2.29. The third-order valence-electron chi connectivity index (χ3n) is 4.70. The van der Waals surface area contributed by atoms with Crippen LogP contribution in [-0.2, 0) is 0 Å². The van der Waals surface area contributed by atoms with Gasteiger partial charge in [0.1, 0.15) is 0 Å². The van der Waals surface area contributed by atoms with Crippen LogP contribution in [0.3, 0.4) is 0 Å². The molecule has 1 aromatic carbocycles. The lowest BCUT2D eigenvalue weighted by Gasteiger charge is -2.16. The largest absolute Gasteiger partial charge is 0.454 e. The van der Waals surface area contributed by atoms with Crippen molar-refractivity contribution in [2.75, 3.05) is 19.9 Å². The zero-order valence-corrected chi connectivity index (χ0v) is 14.5. The molecule has 10 heteroatoms. The molecule has 0 bridgehead atoms. The zero-order chi connectivity index (χ0) is 18.4. The van der Waals surface area contributed by atoms with Crippen molar-refractivity contribution in [2.24, 2.45) is 0 Å². The second-order valence-electron chi connectivity index (χ2n) is 6.49. The molecule has 1 saturated heterocycles. The molecule has 1 atom stereocenters. The van der Waals surface area contributed by atoms with Crippen molar-refractivity contribution in [1.82, 2.24) is 30.0 Å². The predicted octanol–water partition coefficient (Wildman–Crippen LogP) is 1.45. The molecule has 0 N–H and O–H groups in total. The number of carbonyl (C=O) groups excluding carboxylic acids is 1. The smallest absolute Gasteiger partial charge is 0.280 e. The Hall–Kier alpha value is -3.43. The van der Waals surface area contributed by atoms with E-state index in [1.807, 2.05) is 0 Å². The Balaban J connectivity index is 1.30. The lowest BCUT2D eigenvalue weighted by molar-refractivity contribution is 0.0786. The van der Waals surface area contributed by atoms with Gasteiger partial charge in [-0.15, -0.1) is 5.10 Å². The summed E-state index contributed by atoms with van der Waals surface area (Å²) in [7, 11) is 0. The minimum absolute atomic E-state index is 0.0383. The van der Waals surface area contributed by atoms with Gasteiger partial charge in [0.15, 0.2) is 23.0 Å². The topological polar surface area (TPSA) is 108 Å². The average molecular weight is 368 g/mol. The van der Waals surface area contributed by atoms with Crippen molar-refractivity contribution < 1.29 is 18.8 Å². The summed E-state index contributed by atoms with van der Waals surface area (Å²) >= 11 is 0. The Morgan fingerprint density at radius 1 is 1.26 bits per heavy atom. The van der Waals surface area contributed by atoms with Crippen molar-refractivity contribution in [2.45, 2.75) is 19.4 Å². The van der Waals surface area contributed by atoms with E-state index in [4.69, 9.17) is 14.0 Å². The van der Waals surface area contributed by atoms with E-state index >= 15 is 0 Å². The van der Waals surface area contributed by atoms with Crippen LogP contribution in [0.5, 0.6) is 11.5 Å². The number of amides is 1. The van der Waals surface area contributed by atoms with Gasteiger partial charge >= 0.3 is 0 Å². The molecule has 0 saturated carbocycles. The van der Waals surface area contributed by atoms with Gasteiger partial charge in [0.2, 0.25) is 6.79 Å². The molecule has 0 radical (unpaired) electrons. The van der Waals surface area contributed by atoms with Crippen LogP contribution in [0.1, 0.15) is 28.6 Å². The van der Waals surface area contributed by atoms with E-state index in [2.05, 4.69) is 20.5 Å². The van der Waals surface area contributed by atoms with E-state index < -0.39 is 0 Å².